The van der Waals surface area contributed by atoms with Crippen molar-refractivity contribution in [3.63, 3.8) is 0 Å². The molecule has 0 amide bonds. The predicted octanol–water partition coefficient (Wildman–Crippen LogP) is 14.7. The van der Waals surface area contributed by atoms with E-state index in [1.54, 1.807) is 11.3 Å². The molecular formula is C52H28N4S2. The number of fused-ring (bicyclic) bond motifs is 17. The van der Waals surface area contributed by atoms with Crippen LogP contribution in [0, 0.1) is 0 Å². The first-order valence-corrected chi connectivity index (χ1v) is 21.2. The molecule has 0 atom stereocenters. The molecule has 0 bridgehead atoms. The summed E-state index contributed by atoms with van der Waals surface area (Å²) in [4.78, 5) is 12.2. The Kier molecular flexibility index (Phi) is 6.02. The van der Waals surface area contributed by atoms with Crippen LogP contribution in [0.1, 0.15) is 0 Å². The third kappa shape index (κ3) is 4.02. The lowest BCUT2D eigenvalue weighted by Gasteiger charge is -2.14. The van der Waals surface area contributed by atoms with E-state index in [2.05, 4.69) is 179 Å². The number of hydrogen-bond donors (Lipinski definition) is 0. The van der Waals surface area contributed by atoms with E-state index in [-0.39, 0.29) is 0 Å². The Labute approximate surface area is 339 Å². The molecule has 6 heteroatoms. The van der Waals surface area contributed by atoms with Crippen LogP contribution in [0.3, 0.4) is 0 Å². The first-order valence-electron chi connectivity index (χ1n) is 19.6. The van der Waals surface area contributed by atoms with Gasteiger partial charge in [0.1, 0.15) is 16.0 Å². The number of thiophene rings is 2. The van der Waals surface area contributed by atoms with Gasteiger partial charge in [0.2, 0.25) is 0 Å². The van der Waals surface area contributed by atoms with E-state index in [4.69, 9.17) is 9.97 Å². The molecule has 58 heavy (non-hydrogen) atoms. The van der Waals surface area contributed by atoms with Gasteiger partial charge < -0.3 is 4.57 Å². The van der Waals surface area contributed by atoms with Crippen molar-refractivity contribution in [1.29, 1.82) is 0 Å². The van der Waals surface area contributed by atoms with Crippen molar-refractivity contribution in [3.05, 3.63) is 170 Å². The predicted molar refractivity (Wildman–Crippen MR) is 246 cm³/mol. The lowest BCUT2D eigenvalue weighted by molar-refractivity contribution is 1.09. The standard InChI is InChI=1S/C52H28N4S2/c1-2-13-31-30(12-1)32-14-3-7-20-41(32)55-43-27-38-33-15-4-8-21-42(33)56(44(38)28-39(43)36-19-11-18-35(31)50(36)55)51-48(53-49-37-17-6-10-23-46(37)58-52(49)54-51)29-24-25-47-40(26-29)34-16-5-9-22-45(34)57-47/h1-28H. The minimum Gasteiger partial charge on any atom is -0.308 e. The highest BCUT2D eigenvalue weighted by atomic mass is 32.1. The molecular weight excluding hydrogens is 745 g/mol. The molecule has 0 unspecified atom stereocenters. The molecule has 1 aliphatic heterocycles. The Bertz CT molecular complexity index is 3930. The Balaban J connectivity index is 1.13. The van der Waals surface area contributed by atoms with Crippen molar-refractivity contribution in [3.8, 4) is 45.0 Å². The van der Waals surface area contributed by atoms with E-state index in [9.17, 15) is 0 Å². The molecule has 4 nitrogen and oxygen atoms in total. The number of nitrogens with zero attached hydrogens (tertiary/aromatic N) is 4. The molecule has 5 aromatic heterocycles. The summed E-state index contributed by atoms with van der Waals surface area (Å²) in [6.45, 7) is 0. The molecule has 0 N–H and O–H groups in total. The zero-order valence-electron chi connectivity index (χ0n) is 30.8. The van der Waals surface area contributed by atoms with Gasteiger partial charge in [-0.05, 0) is 59.7 Å². The summed E-state index contributed by atoms with van der Waals surface area (Å²) in [6, 6.07) is 62.2. The molecule has 0 saturated carbocycles. The lowest BCUT2D eigenvalue weighted by Crippen LogP contribution is -2.03. The first kappa shape index (κ1) is 31.0. The summed E-state index contributed by atoms with van der Waals surface area (Å²) in [7, 11) is 0. The Morgan fingerprint density at radius 2 is 1.00 bits per heavy atom. The van der Waals surface area contributed by atoms with Gasteiger partial charge in [0, 0.05) is 68.5 Å². The number of hydrogen-bond acceptors (Lipinski definition) is 4. The molecule has 6 heterocycles. The fraction of sp³-hybridized carbons (Fsp3) is 0. The van der Waals surface area contributed by atoms with Crippen LogP contribution in [-0.2, 0) is 0 Å². The fourth-order valence-electron chi connectivity index (χ4n) is 9.81. The Hall–Kier alpha value is -7.12. The molecule has 0 aliphatic carbocycles. The SMILES string of the molecule is c1ccc2c(c1)-c1ccccc1-n1c3cc4c5ccccc5n(-c5nc6sc7ccccc7c6nc5-c5ccc6sc7ccccc7c6c5)c4cc3c3cccc-2c31. The van der Waals surface area contributed by atoms with Crippen LogP contribution in [0.5, 0.6) is 0 Å². The molecule has 0 saturated heterocycles. The van der Waals surface area contributed by atoms with Crippen LogP contribution < -0.4 is 0 Å². The van der Waals surface area contributed by atoms with Crippen LogP contribution in [-0.4, -0.2) is 19.1 Å². The fourth-order valence-corrected chi connectivity index (χ4v) is 11.9. The molecule has 13 aromatic rings. The molecule has 0 radical (unpaired) electrons. The maximum Gasteiger partial charge on any atom is 0.166 e. The molecule has 14 rings (SSSR count). The van der Waals surface area contributed by atoms with Gasteiger partial charge in [0.25, 0.3) is 0 Å². The summed E-state index contributed by atoms with van der Waals surface area (Å²) >= 11 is 3.55. The average Bonchev–Trinajstić information content (AvgIpc) is 4.00. The highest BCUT2D eigenvalue weighted by Crippen LogP contribution is 2.49. The minimum atomic E-state index is 0.841. The van der Waals surface area contributed by atoms with Crippen molar-refractivity contribution in [2.24, 2.45) is 0 Å². The smallest absolute Gasteiger partial charge is 0.166 e. The van der Waals surface area contributed by atoms with Crippen molar-refractivity contribution in [2.75, 3.05) is 0 Å². The van der Waals surface area contributed by atoms with Gasteiger partial charge in [-0.2, -0.15) is 0 Å². The summed E-state index contributed by atoms with van der Waals surface area (Å²) in [6.07, 6.45) is 0. The molecule has 0 fully saturated rings. The second-order valence-electron chi connectivity index (χ2n) is 15.3. The largest absolute Gasteiger partial charge is 0.308 e. The van der Waals surface area contributed by atoms with Crippen LogP contribution in [0.2, 0.25) is 0 Å². The van der Waals surface area contributed by atoms with E-state index in [1.807, 2.05) is 11.3 Å². The topological polar surface area (TPSA) is 35.6 Å². The second kappa shape index (κ2) is 11.3. The number of para-hydroxylation sites is 3. The summed E-state index contributed by atoms with van der Waals surface area (Å²) in [5, 5.41) is 8.48. The average molecular weight is 773 g/mol. The van der Waals surface area contributed by atoms with E-state index in [0.717, 1.165) is 43.8 Å². The highest BCUT2D eigenvalue weighted by Gasteiger charge is 2.27. The quantitative estimate of drug-likeness (QED) is 0.175. The maximum absolute atomic E-state index is 5.63. The van der Waals surface area contributed by atoms with Gasteiger partial charge in [-0.1, -0.05) is 121 Å². The van der Waals surface area contributed by atoms with Crippen molar-refractivity contribution in [1.82, 2.24) is 19.1 Å². The second-order valence-corrected chi connectivity index (χ2v) is 17.4. The summed E-state index contributed by atoms with van der Waals surface area (Å²) in [5.74, 6) is 0.841. The summed E-state index contributed by atoms with van der Waals surface area (Å²) in [5.41, 5.74) is 13.7. The number of aromatic nitrogens is 4. The highest BCUT2D eigenvalue weighted by molar-refractivity contribution is 7.26. The van der Waals surface area contributed by atoms with Crippen molar-refractivity contribution in [2.45, 2.75) is 0 Å². The summed E-state index contributed by atoms with van der Waals surface area (Å²) < 4.78 is 8.65. The zero-order valence-corrected chi connectivity index (χ0v) is 32.4. The normalized spacial score (nSPS) is 12.5. The molecule has 1 aliphatic rings. The lowest BCUT2D eigenvalue weighted by atomic mass is 9.94. The Morgan fingerprint density at radius 1 is 0.379 bits per heavy atom. The van der Waals surface area contributed by atoms with Gasteiger partial charge in [-0.15, -0.1) is 22.7 Å². The van der Waals surface area contributed by atoms with Crippen molar-refractivity contribution < 1.29 is 0 Å². The third-order valence-corrected chi connectivity index (χ3v) is 14.5. The first-order chi connectivity index (χ1) is 28.8. The zero-order chi connectivity index (χ0) is 37.6. The van der Waals surface area contributed by atoms with Crippen LogP contribution in [0.25, 0.3) is 129 Å². The third-order valence-electron chi connectivity index (χ3n) is 12.3. The monoisotopic (exact) mass is 772 g/mol. The van der Waals surface area contributed by atoms with Gasteiger partial charge in [0.15, 0.2) is 5.82 Å². The van der Waals surface area contributed by atoms with Crippen LogP contribution in [0.4, 0.5) is 0 Å². The van der Waals surface area contributed by atoms with Gasteiger partial charge in [0.05, 0.1) is 27.8 Å². The van der Waals surface area contributed by atoms with Gasteiger partial charge in [-0.3, -0.25) is 4.57 Å². The van der Waals surface area contributed by atoms with Crippen LogP contribution >= 0.6 is 22.7 Å². The van der Waals surface area contributed by atoms with E-state index in [1.165, 1.54) is 85.4 Å². The van der Waals surface area contributed by atoms with E-state index >= 15 is 0 Å². The molecule has 0 spiro atoms. The van der Waals surface area contributed by atoms with Crippen LogP contribution in [0.15, 0.2) is 170 Å². The van der Waals surface area contributed by atoms with E-state index in [0.29, 0.717) is 0 Å². The van der Waals surface area contributed by atoms with E-state index < -0.39 is 0 Å². The molecule has 268 valence electrons. The van der Waals surface area contributed by atoms with Gasteiger partial charge >= 0.3 is 0 Å². The minimum absolute atomic E-state index is 0.841. The van der Waals surface area contributed by atoms with Gasteiger partial charge in [-0.25, -0.2) is 9.97 Å². The number of rotatable bonds is 2. The molecule has 8 aromatic carbocycles. The van der Waals surface area contributed by atoms with Crippen molar-refractivity contribution >= 4 is 107 Å². The maximum atomic E-state index is 5.63. The number of benzene rings is 8. The Morgan fingerprint density at radius 3 is 1.86 bits per heavy atom.